The number of ether oxygens (including phenoxy) is 1. The zero-order valence-electron chi connectivity index (χ0n) is 15.1. The van der Waals surface area contributed by atoms with Crippen molar-refractivity contribution in [2.45, 2.75) is 35.4 Å². The maximum absolute atomic E-state index is 12.7. The summed E-state index contributed by atoms with van der Waals surface area (Å²) >= 11 is 4.64. The van der Waals surface area contributed by atoms with Crippen LogP contribution in [0, 0.1) is 10.1 Å². The molecule has 9 nitrogen and oxygen atoms in total. The lowest BCUT2D eigenvalue weighted by molar-refractivity contribution is -0.384. The van der Waals surface area contributed by atoms with Gasteiger partial charge in [-0.2, -0.15) is 17.4 Å². The maximum Gasteiger partial charge on any atom is 0.325 e. The van der Waals surface area contributed by atoms with Crippen LogP contribution in [0.15, 0.2) is 29.2 Å². The standard InChI is InChI=1S/C16H23N3O6S2/c1-3-25-15(20)14(16(26)8-10-18(2)11-9-16)17-27(23,24)13-6-4-12(5-7-13)19(21)22/h4-7,14,17,26H,3,8-11H2,1-2H3/t14-/m1/s1. The molecule has 2 rings (SSSR count). The van der Waals surface area contributed by atoms with Crippen LogP contribution in [0.25, 0.3) is 0 Å². The fourth-order valence-corrected chi connectivity index (χ4v) is 4.59. The van der Waals surface area contributed by atoms with Crippen molar-refractivity contribution in [2.24, 2.45) is 0 Å². The van der Waals surface area contributed by atoms with Crippen molar-refractivity contribution in [3.63, 3.8) is 0 Å². The van der Waals surface area contributed by atoms with E-state index in [2.05, 4.69) is 22.3 Å². The van der Waals surface area contributed by atoms with Crippen molar-refractivity contribution in [3.05, 3.63) is 34.4 Å². The SMILES string of the molecule is CCOC(=O)[C@@H](NS(=O)(=O)c1ccc([N+](=O)[O-])cc1)C1(S)CCN(C)CC1. The van der Waals surface area contributed by atoms with E-state index in [0.29, 0.717) is 25.9 Å². The number of likely N-dealkylation sites (tertiary alicyclic amines) is 1. The smallest absolute Gasteiger partial charge is 0.325 e. The lowest BCUT2D eigenvalue weighted by Crippen LogP contribution is -2.58. The monoisotopic (exact) mass is 417 g/mol. The van der Waals surface area contributed by atoms with Crippen molar-refractivity contribution in [2.75, 3.05) is 26.7 Å². The highest BCUT2D eigenvalue weighted by Gasteiger charge is 2.45. The van der Waals surface area contributed by atoms with Crippen LogP contribution in [-0.4, -0.2) is 61.7 Å². The summed E-state index contributed by atoms with van der Waals surface area (Å²) in [7, 11) is -2.16. The topological polar surface area (TPSA) is 119 Å². The largest absolute Gasteiger partial charge is 0.465 e. The van der Waals surface area contributed by atoms with Crippen LogP contribution in [-0.2, 0) is 19.6 Å². The van der Waals surface area contributed by atoms with Crippen molar-refractivity contribution in [3.8, 4) is 0 Å². The number of non-ortho nitro benzene ring substituents is 1. The summed E-state index contributed by atoms with van der Waals surface area (Å²) in [6.45, 7) is 3.08. The summed E-state index contributed by atoms with van der Waals surface area (Å²) in [5.41, 5.74) is -0.225. The van der Waals surface area contributed by atoms with Crippen molar-refractivity contribution in [1.29, 1.82) is 0 Å². The Morgan fingerprint density at radius 2 is 1.93 bits per heavy atom. The fraction of sp³-hybridized carbons (Fsp3) is 0.562. The molecular formula is C16H23N3O6S2. The first kappa shape index (κ1) is 21.6. The fourth-order valence-electron chi connectivity index (χ4n) is 2.87. The minimum Gasteiger partial charge on any atom is -0.465 e. The average molecular weight is 418 g/mol. The molecule has 0 aromatic heterocycles. The number of nitrogens with zero attached hydrogens (tertiary/aromatic N) is 2. The zero-order chi connectivity index (χ0) is 20.2. The van der Waals surface area contributed by atoms with Crippen molar-refractivity contribution >= 4 is 34.3 Å². The lowest BCUT2D eigenvalue weighted by Gasteiger charge is -2.41. The summed E-state index contributed by atoms with van der Waals surface area (Å²) in [5.74, 6) is -0.692. The summed E-state index contributed by atoms with van der Waals surface area (Å²) in [6, 6.07) is 3.28. The Morgan fingerprint density at radius 3 is 2.41 bits per heavy atom. The molecule has 27 heavy (non-hydrogen) atoms. The van der Waals surface area contributed by atoms with Crippen molar-refractivity contribution < 1.29 is 22.9 Å². The number of carbonyl (C=O) groups is 1. The number of nitro groups is 1. The lowest BCUT2D eigenvalue weighted by atomic mass is 9.89. The van der Waals surface area contributed by atoms with Gasteiger partial charge in [-0.3, -0.25) is 14.9 Å². The first-order valence-corrected chi connectivity index (χ1v) is 10.4. The summed E-state index contributed by atoms with van der Waals surface area (Å²) in [6.07, 6.45) is 0.998. The average Bonchev–Trinajstić information content (AvgIpc) is 2.62. The molecule has 150 valence electrons. The summed E-state index contributed by atoms with van der Waals surface area (Å²) in [4.78, 5) is 24.5. The van der Waals surface area contributed by atoms with E-state index in [1.807, 2.05) is 7.05 Å². The van der Waals surface area contributed by atoms with Gasteiger partial charge in [0.15, 0.2) is 0 Å². The van der Waals surface area contributed by atoms with Crippen LogP contribution in [0.1, 0.15) is 19.8 Å². The number of hydrogen-bond donors (Lipinski definition) is 2. The molecule has 0 bridgehead atoms. The Hall–Kier alpha value is -1.69. The first-order chi connectivity index (χ1) is 12.6. The molecule has 0 spiro atoms. The third kappa shape index (κ3) is 5.18. The first-order valence-electron chi connectivity index (χ1n) is 8.43. The third-order valence-electron chi connectivity index (χ3n) is 4.54. The number of rotatable bonds is 7. The van der Waals surface area contributed by atoms with E-state index in [0.717, 1.165) is 24.3 Å². The minimum absolute atomic E-state index is 0.109. The highest BCUT2D eigenvalue weighted by atomic mass is 32.2. The van der Waals surface area contributed by atoms with E-state index in [-0.39, 0.29) is 17.2 Å². The quantitative estimate of drug-likeness (QED) is 0.296. The molecule has 0 amide bonds. The molecule has 1 aliphatic heterocycles. The van der Waals surface area contributed by atoms with Gasteiger partial charge in [0.05, 0.1) is 16.4 Å². The Morgan fingerprint density at radius 1 is 1.37 bits per heavy atom. The number of esters is 1. The normalized spacial score (nSPS) is 18.6. The van der Waals surface area contributed by atoms with Gasteiger partial charge in [-0.15, -0.1) is 0 Å². The molecule has 1 aromatic carbocycles. The minimum atomic E-state index is -4.10. The highest BCUT2D eigenvalue weighted by Crippen LogP contribution is 2.33. The Kier molecular flexibility index (Phi) is 6.84. The molecule has 0 unspecified atom stereocenters. The van der Waals surface area contributed by atoms with Crippen LogP contribution in [0.4, 0.5) is 5.69 Å². The highest BCUT2D eigenvalue weighted by molar-refractivity contribution is 7.89. The molecular weight excluding hydrogens is 394 g/mol. The Balaban J connectivity index is 2.30. The molecule has 0 saturated carbocycles. The van der Waals surface area contributed by atoms with Gasteiger partial charge in [0.2, 0.25) is 10.0 Å². The predicted octanol–water partition coefficient (Wildman–Crippen LogP) is 1.20. The maximum atomic E-state index is 12.7. The van der Waals surface area contributed by atoms with Crippen LogP contribution >= 0.6 is 12.6 Å². The Labute approximate surface area is 163 Å². The van der Waals surface area contributed by atoms with Gasteiger partial charge < -0.3 is 9.64 Å². The number of hydrogen-bond acceptors (Lipinski definition) is 8. The van der Waals surface area contributed by atoms with E-state index >= 15 is 0 Å². The van der Waals surface area contributed by atoms with Gasteiger partial charge >= 0.3 is 5.97 Å². The number of thiol groups is 1. The summed E-state index contributed by atoms with van der Waals surface area (Å²) < 4.78 is 32.1. The second kappa shape index (κ2) is 8.55. The van der Waals surface area contributed by atoms with Gasteiger partial charge in [-0.1, -0.05) is 0 Å². The van der Waals surface area contributed by atoms with Gasteiger partial charge in [0, 0.05) is 16.9 Å². The van der Waals surface area contributed by atoms with Gasteiger partial charge in [-0.25, -0.2) is 8.42 Å². The molecule has 1 atom stereocenters. The molecule has 0 radical (unpaired) electrons. The summed E-state index contributed by atoms with van der Waals surface area (Å²) in [5, 5.41) is 10.7. The number of sulfonamides is 1. The predicted molar refractivity (Wildman–Crippen MR) is 102 cm³/mol. The molecule has 11 heteroatoms. The molecule has 1 saturated heterocycles. The van der Waals surface area contributed by atoms with Crippen LogP contribution in [0.2, 0.25) is 0 Å². The molecule has 1 aliphatic rings. The van der Waals surface area contributed by atoms with Crippen molar-refractivity contribution in [1.82, 2.24) is 9.62 Å². The number of benzene rings is 1. The second-order valence-electron chi connectivity index (χ2n) is 6.46. The van der Waals surface area contributed by atoms with Crippen LogP contribution in [0.3, 0.4) is 0 Å². The molecule has 1 N–H and O–H groups in total. The molecule has 0 aliphatic carbocycles. The molecule has 1 fully saturated rings. The zero-order valence-corrected chi connectivity index (χ0v) is 16.8. The number of carbonyl (C=O) groups excluding carboxylic acids is 1. The van der Waals surface area contributed by atoms with E-state index in [9.17, 15) is 23.3 Å². The van der Waals surface area contributed by atoms with E-state index in [1.54, 1.807) is 6.92 Å². The molecule has 1 heterocycles. The number of piperidine rings is 1. The second-order valence-corrected chi connectivity index (χ2v) is 9.07. The van der Waals surface area contributed by atoms with Crippen LogP contribution in [0.5, 0.6) is 0 Å². The third-order valence-corrected chi connectivity index (χ3v) is 6.69. The van der Waals surface area contributed by atoms with Gasteiger partial charge in [0.1, 0.15) is 6.04 Å². The number of nitrogens with one attached hydrogen (secondary N) is 1. The van der Waals surface area contributed by atoms with E-state index in [1.165, 1.54) is 0 Å². The van der Waals surface area contributed by atoms with Gasteiger partial charge in [-0.05, 0) is 52.0 Å². The number of nitro benzene ring substituents is 1. The molecule has 1 aromatic rings. The Bertz CT molecular complexity index is 789. The van der Waals surface area contributed by atoms with Gasteiger partial charge in [0.25, 0.3) is 5.69 Å². The van der Waals surface area contributed by atoms with Crippen LogP contribution < -0.4 is 4.72 Å². The van der Waals surface area contributed by atoms with E-state index < -0.39 is 31.7 Å². The van der Waals surface area contributed by atoms with E-state index in [4.69, 9.17) is 4.74 Å².